The van der Waals surface area contributed by atoms with Crippen molar-refractivity contribution < 1.29 is 8.78 Å². The summed E-state index contributed by atoms with van der Waals surface area (Å²) in [6.07, 6.45) is -1.46. The lowest BCUT2D eigenvalue weighted by molar-refractivity contribution is 0.149. The summed E-state index contributed by atoms with van der Waals surface area (Å²) in [4.78, 5) is 0. The standard InChI is InChI=1S/C11H14F2/c1-3-8(2)9-6-4-5-7-10(9)11(12)13/h4-8,11H,3H2,1-2H3. The van der Waals surface area contributed by atoms with Crippen LogP contribution in [0.1, 0.15) is 43.7 Å². The zero-order chi connectivity index (χ0) is 9.84. The zero-order valence-electron chi connectivity index (χ0n) is 7.93. The summed E-state index contributed by atoms with van der Waals surface area (Å²) >= 11 is 0. The Morgan fingerprint density at radius 3 is 2.15 bits per heavy atom. The first-order valence-electron chi connectivity index (χ1n) is 4.53. The molecule has 0 amide bonds. The van der Waals surface area contributed by atoms with Gasteiger partial charge in [-0.2, -0.15) is 0 Å². The second kappa shape index (κ2) is 4.35. The molecule has 2 heteroatoms. The molecule has 1 unspecified atom stereocenters. The van der Waals surface area contributed by atoms with Crippen LogP contribution in [-0.4, -0.2) is 0 Å². The molecule has 0 bridgehead atoms. The molecule has 0 aliphatic carbocycles. The lowest BCUT2D eigenvalue weighted by Crippen LogP contribution is -1.98. The Kier molecular flexibility index (Phi) is 3.40. The molecule has 0 heterocycles. The van der Waals surface area contributed by atoms with Crippen LogP contribution in [0.3, 0.4) is 0 Å². The highest BCUT2D eigenvalue weighted by molar-refractivity contribution is 5.30. The van der Waals surface area contributed by atoms with Crippen molar-refractivity contribution in [1.82, 2.24) is 0 Å². The van der Waals surface area contributed by atoms with Crippen LogP contribution >= 0.6 is 0 Å². The molecule has 1 aromatic rings. The Morgan fingerprint density at radius 2 is 1.69 bits per heavy atom. The topological polar surface area (TPSA) is 0 Å². The molecular weight excluding hydrogens is 170 g/mol. The molecule has 0 aliphatic heterocycles. The van der Waals surface area contributed by atoms with Crippen molar-refractivity contribution in [3.05, 3.63) is 35.4 Å². The Hall–Kier alpha value is -0.920. The van der Waals surface area contributed by atoms with E-state index in [1.54, 1.807) is 12.1 Å². The van der Waals surface area contributed by atoms with Crippen molar-refractivity contribution in [2.45, 2.75) is 32.6 Å². The lowest BCUT2D eigenvalue weighted by Gasteiger charge is -2.13. The maximum Gasteiger partial charge on any atom is 0.264 e. The van der Waals surface area contributed by atoms with E-state index < -0.39 is 6.43 Å². The van der Waals surface area contributed by atoms with Gasteiger partial charge in [-0.05, 0) is 17.9 Å². The number of hydrogen-bond donors (Lipinski definition) is 0. The minimum atomic E-state index is -2.36. The molecule has 0 aliphatic rings. The fourth-order valence-corrected chi connectivity index (χ4v) is 1.38. The Balaban J connectivity index is 3.04. The first-order valence-corrected chi connectivity index (χ1v) is 4.53. The quantitative estimate of drug-likeness (QED) is 0.662. The molecule has 13 heavy (non-hydrogen) atoms. The number of benzene rings is 1. The maximum absolute atomic E-state index is 12.5. The first-order chi connectivity index (χ1) is 6.16. The van der Waals surface area contributed by atoms with Crippen LogP contribution in [0, 0.1) is 0 Å². The van der Waals surface area contributed by atoms with E-state index >= 15 is 0 Å². The van der Waals surface area contributed by atoms with Gasteiger partial charge < -0.3 is 0 Å². The summed E-state index contributed by atoms with van der Waals surface area (Å²) in [5, 5.41) is 0. The van der Waals surface area contributed by atoms with Gasteiger partial charge in [-0.25, -0.2) is 8.78 Å². The molecule has 1 aromatic carbocycles. The third-order valence-electron chi connectivity index (χ3n) is 2.37. The van der Waals surface area contributed by atoms with E-state index in [9.17, 15) is 8.78 Å². The minimum absolute atomic E-state index is 0.178. The van der Waals surface area contributed by atoms with Crippen LogP contribution in [0.5, 0.6) is 0 Å². The summed E-state index contributed by atoms with van der Waals surface area (Å²) in [6, 6.07) is 6.77. The van der Waals surface area contributed by atoms with E-state index in [-0.39, 0.29) is 11.5 Å². The molecule has 1 atom stereocenters. The van der Waals surface area contributed by atoms with Gasteiger partial charge >= 0.3 is 0 Å². The molecule has 0 saturated heterocycles. The molecule has 1 rings (SSSR count). The second-order valence-electron chi connectivity index (χ2n) is 3.24. The molecular formula is C11H14F2. The average Bonchev–Trinajstić information content (AvgIpc) is 2.16. The van der Waals surface area contributed by atoms with Gasteiger partial charge in [0.2, 0.25) is 0 Å². The van der Waals surface area contributed by atoms with E-state index in [1.165, 1.54) is 6.07 Å². The first kappa shape index (κ1) is 10.2. The van der Waals surface area contributed by atoms with Crippen LogP contribution in [0.25, 0.3) is 0 Å². The smallest absolute Gasteiger partial charge is 0.205 e. The van der Waals surface area contributed by atoms with Crippen LogP contribution in [0.2, 0.25) is 0 Å². The molecule has 0 radical (unpaired) electrons. The SMILES string of the molecule is CCC(C)c1ccccc1C(F)F. The van der Waals surface area contributed by atoms with Gasteiger partial charge in [0.1, 0.15) is 0 Å². The van der Waals surface area contributed by atoms with Crippen molar-refractivity contribution in [1.29, 1.82) is 0 Å². The van der Waals surface area contributed by atoms with Crippen molar-refractivity contribution in [2.24, 2.45) is 0 Å². The fraction of sp³-hybridized carbons (Fsp3) is 0.455. The van der Waals surface area contributed by atoms with Gasteiger partial charge in [0.15, 0.2) is 0 Å². The lowest BCUT2D eigenvalue weighted by atomic mass is 9.94. The van der Waals surface area contributed by atoms with E-state index in [1.807, 2.05) is 19.9 Å². The summed E-state index contributed by atoms with van der Waals surface area (Å²) in [5.74, 6) is 0.213. The van der Waals surface area contributed by atoms with Crippen molar-refractivity contribution in [2.75, 3.05) is 0 Å². The van der Waals surface area contributed by atoms with Gasteiger partial charge in [-0.1, -0.05) is 38.1 Å². The molecule has 0 spiro atoms. The molecule has 0 saturated carbocycles. The third-order valence-corrected chi connectivity index (χ3v) is 2.37. The van der Waals surface area contributed by atoms with Crippen molar-refractivity contribution >= 4 is 0 Å². The van der Waals surface area contributed by atoms with Crippen molar-refractivity contribution in [3.8, 4) is 0 Å². The van der Waals surface area contributed by atoms with E-state index in [4.69, 9.17) is 0 Å². The van der Waals surface area contributed by atoms with Crippen LogP contribution in [0.15, 0.2) is 24.3 Å². The fourth-order valence-electron chi connectivity index (χ4n) is 1.38. The zero-order valence-corrected chi connectivity index (χ0v) is 7.93. The predicted molar refractivity (Wildman–Crippen MR) is 50.1 cm³/mol. The van der Waals surface area contributed by atoms with E-state index in [0.29, 0.717) is 0 Å². The number of hydrogen-bond acceptors (Lipinski definition) is 0. The Labute approximate surface area is 77.6 Å². The highest BCUT2D eigenvalue weighted by Crippen LogP contribution is 2.29. The summed E-state index contributed by atoms with van der Waals surface area (Å²) in [6.45, 7) is 3.98. The Bertz CT molecular complexity index is 269. The molecule has 72 valence electrons. The van der Waals surface area contributed by atoms with E-state index in [2.05, 4.69) is 0 Å². The normalized spacial score (nSPS) is 13.3. The largest absolute Gasteiger partial charge is 0.264 e. The van der Waals surface area contributed by atoms with Gasteiger partial charge in [-0.15, -0.1) is 0 Å². The van der Waals surface area contributed by atoms with Crippen molar-refractivity contribution in [3.63, 3.8) is 0 Å². The third kappa shape index (κ3) is 2.27. The van der Waals surface area contributed by atoms with Gasteiger partial charge in [0, 0.05) is 5.56 Å². The molecule has 0 N–H and O–H groups in total. The highest BCUT2D eigenvalue weighted by Gasteiger charge is 2.14. The van der Waals surface area contributed by atoms with Crippen LogP contribution in [0.4, 0.5) is 8.78 Å². The summed E-state index contributed by atoms with van der Waals surface area (Å²) < 4.78 is 25.0. The molecule has 0 fully saturated rings. The summed E-state index contributed by atoms with van der Waals surface area (Å²) in [7, 11) is 0. The Morgan fingerprint density at radius 1 is 1.15 bits per heavy atom. The van der Waals surface area contributed by atoms with Crippen LogP contribution < -0.4 is 0 Å². The monoisotopic (exact) mass is 184 g/mol. The van der Waals surface area contributed by atoms with Gasteiger partial charge in [-0.3, -0.25) is 0 Å². The summed E-state index contributed by atoms with van der Waals surface area (Å²) in [5.41, 5.74) is 0.955. The van der Waals surface area contributed by atoms with Gasteiger partial charge in [0.05, 0.1) is 0 Å². The second-order valence-corrected chi connectivity index (χ2v) is 3.24. The average molecular weight is 184 g/mol. The number of halogens is 2. The highest BCUT2D eigenvalue weighted by atomic mass is 19.3. The minimum Gasteiger partial charge on any atom is -0.205 e. The maximum atomic E-state index is 12.5. The number of alkyl halides is 2. The van der Waals surface area contributed by atoms with Crippen LogP contribution in [-0.2, 0) is 0 Å². The molecule has 0 aromatic heterocycles. The molecule has 0 nitrogen and oxygen atoms in total. The number of rotatable bonds is 3. The van der Waals surface area contributed by atoms with Gasteiger partial charge in [0.25, 0.3) is 6.43 Å². The predicted octanol–water partition coefficient (Wildman–Crippen LogP) is 4.14. The van der Waals surface area contributed by atoms with E-state index in [0.717, 1.165) is 12.0 Å².